The first-order valence-corrected chi connectivity index (χ1v) is 12.9. The molecule has 3 heterocycles. The van der Waals surface area contributed by atoms with E-state index in [-0.39, 0.29) is 17.9 Å². The van der Waals surface area contributed by atoms with Gasteiger partial charge >= 0.3 is 0 Å². The molecule has 1 atom stereocenters. The smallest absolute Gasteiger partial charge is 0.274 e. The minimum Gasteiger partial charge on any atom is -0.346 e. The second-order valence-corrected chi connectivity index (χ2v) is 10.2. The Hall–Kier alpha value is -3.45. The van der Waals surface area contributed by atoms with E-state index in [1.807, 2.05) is 47.8 Å². The van der Waals surface area contributed by atoms with Gasteiger partial charge in [0.2, 0.25) is 0 Å². The van der Waals surface area contributed by atoms with E-state index in [4.69, 9.17) is 0 Å². The number of nitrogens with zero attached hydrogens (tertiary/aromatic N) is 4. The Balaban J connectivity index is 1.22. The fourth-order valence-electron chi connectivity index (χ4n) is 5.26. The second kappa shape index (κ2) is 10.3. The van der Waals surface area contributed by atoms with Gasteiger partial charge in [0.05, 0.1) is 6.04 Å². The highest BCUT2D eigenvalue weighted by Gasteiger charge is 2.30. The van der Waals surface area contributed by atoms with Gasteiger partial charge in [0.1, 0.15) is 0 Å². The number of benzene rings is 2. The van der Waals surface area contributed by atoms with E-state index in [1.165, 1.54) is 11.3 Å². The predicted octanol–water partition coefficient (Wildman–Crippen LogP) is 4.01. The number of rotatable bonds is 6. The van der Waals surface area contributed by atoms with Gasteiger partial charge in [-0.25, -0.2) is 0 Å². The Kier molecular flexibility index (Phi) is 6.92. The normalized spacial score (nSPS) is 16.6. The number of amides is 2. The van der Waals surface area contributed by atoms with Crippen LogP contribution < -0.4 is 5.32 Å². The molecule has 1 unspecified atom stereocenters. The molecular weight excluding hydrogens is 450 g/mol. The topological polar surface area (TPSA) is 70.5 Å². The largest absolute Gasteiger partial charge is 0.346 e. The van der Waals surface area contributed by atoms with Gasteiger partial charge in [-0.05, 0) is 49.9 Å². The lowest BCUT2D eigenvalue weighted by Crippen LogP contribution is -2.33. The maximum atomic E-state index is 13.1. The highest BCUT2D eigenvalue weighted by molar-refractivity contribution is 5.95. The lowest BCUT2D eigenvalue weighted by atomic mass is 10.0. The molecule has 0 spiro atoms. The molecule has 2 aromatic carbocycles. The van der Waals surface area contributed by atoms with E-state index < -0.39 is 0 Å². The molecule has 2 amide bonds. The van der Waals surface area contributed by atoms with Crippen LogP contribution in [-0.4, -0.2) is 51.0 Å². The quantitative estimate of drug-likeness (QED) is 0.573. The molecule has 1 saturated heterocycles. The Bertz CT molecular complexity index is 1240. The van der Waals surface area contributed by atoms with Gasteiger partial charge in [-0.1, -0.05) is 42.0 Å². The molecule has 188 valence electrons. The zero-order valence-electron chi connectivity index (χ0n) is 21.5. The van der Waals surface area contributed by atoms with Gasteiger partial charge in [-0.2, -0.15) is 5.10 Å². The van der Waals surface area contributed by atoms with Gasteiger partial charge in [0, 0.05) is 63.0 Å². The number of fused-ring (bicyclic) bond motifs is 1. The Morgan fingerprint density at radius 3 is 2.39 bits per heavy atom. The van der Waals surface area contributed by atoms with Gasteiger partial charge in [0.15, 0.2) is 5.69 Å². The standard InChI is InChI=1S/C29H35N5O2/c1-20-6-10-23(11-7-20)21(2)30-28(35)24-12-8-22(9-13-24)18-33-17-14-26-25(19-33)27(31-32(26)3)29(36)34-15-4-5-16-34/h6-13,21H,4-5,14-19H2,1-3H3,(H,30,35). The van der Waals surface area contributed by atoms with Gasteiger partial charge in [0.25, 0.3) is 11.8 Å². The SMILES string of the molecule is Cc1ccc(C(C)NC(=O)c2ccc(CN3CCc4c(c(C(=O)N5CCCC5)nn4C)C3)cc2)cc1. The fraction of sp³-hybridized carbons (Fsp3) is 0.414. The number of carbonyl (C=O) groups excluding carboxylic acids is 2. The van der Waals surface area contributed by atoms with Crippen LogP contribution in [0.2, 0.25) is 0 Å². The van der Waals surface area contributed by atoms with Crippen molar-refractivity contribution in [2.24, 2.45) is 7.05 Å². The molecular formula is C29H35N5O2. The molecule has 1 fully saturated rings. The molecule has 7 nitrogen and oxygen atoms in total. The van der Waals surface area contributed by atoms with Gasteiger partial charge in [-0.15, -0.1) is 0 Å². The Labute approximate surface area is 213 Å². The third-order valence-electron chi connectivity index (χ3n) is 7.46. The number of carbonyl (C=O) groups is 2. The molecule has 3 aromatic rings. The summed E-state index contributed by atoms with van der Waals surface area (Å²) in [5, 5.41) is 7.70. The summed E-state index contributed by atoms with van der Waals surface area (Å²) in [6.45, 7) is 8.13. The molecule has 2 aliphatic heterocycles. The summed E-state index contributed by atoms with van der Waals surface area (Å²) >= 11 is 0. The number of hydrogen-bond donors (Lipinski definition) is 1. The van der Waals surface area contributed by atoms with Crippen LogP contribution in [-0.2, 0) is 26.6 Å². The van der Waals surface area contributed by atoms with E-state index in [0.717, 1.165) is 62.1 Å². The van der Waals surface area contributed by atoms with Crippen LogP contribution in [0.4, 0.5) is 0 Å². The maximum absolute atomic E-state index is 13.1. The first-order chi connectivity index (χ1) is 17.4. The van der Waals surface area contributed by atoms with Crippen molar-refractivity contribution in [2.75, 3.05) is 19.6 Å². The van der Waals surface area contributed by atoms with Crippen LogP contribution in [0.25, 0.3) is 0 Å². The average Bonchev–Trinajstić information content (AvgIpc) is 3.53. The maximum Gasteiger partial charge on any atom is 0.274 e. The summed E-state index contributed by atoms with van der Waals surface area (Å²) in [7, 11) is 1.94. The summed E-state index contributed by atoms with van der Waals surface area (Å²) in [6, 6.07) is 16.0. The van der Waals surface area contributed by atoms with Crippen molar-refractivity contribution in [3.63, 3.8) is 0 Å². The molecule has 1 N–H and O–H groups in total. The van der Waals surface area contributed by atoms with Crippen LogP contribution in [0.15, 0.2) is 48.5 Å². The number of aryl methyl sites for hydroxylation is 2. The number of aromatic nitrogens is 2. The van der Waals surface area contributed by atoms with Crippen molar-refractivity contribution in [1.82, 2.24) is 24.9 Å². The van der Waals surface area contributed by atoms with Crippen LogP contribution >= 0.6 is 0 Å². The molecule has 7 heteroatoms. The van der Waals surface area contributed by atoms with Crippen LogP contribution in [0, 0.1) is 6.92 Å². The summed E-state index contributed by atoms with van der Waals surface area (Å²) in [6.07, 6.45) is 3.03. The third kappa shape index (κ3) is 5.07. The molecule has 1 aromatic heterocycles. The van der Waals surface area contributed by atoms with E-state index in [2.05, 4.69) is 46.5 Å². The number of hydrogen-bond acceptors (Lipinski definition) is 4. The lowest BCUT2D eigenvalue weighted by Gasteiger charge is -2.28. The molecule has 5 rings (SSSR count). The molecule has 0 saturated carbocycles. The van der Waals surface area contributed by atoms with Gasteiger partial charge in [-0.3, -0.25) is 19.2 Å². The molecule has 2 aliphatic rings. The zero-order valence-corrected chi connectivity index (χ0v) is 21.5. The number of likely N-dealkylation sites (tertiary alicyclic amines) is 1. The predicted molar refractivity (Wildman–Crippen MR) is 140 cm³/mol. The summed E-state index contributed by atoms with van der Waals surface area (Å²) in [5.74, 6) is -0.000836. The minimum absolute atomic E-state index is 0.0581. The second-order valence-electron chi connectivity index (χ2n) is 10.2. The summed E-state index contributed by atoms with van der Waals surface area (Å²) in [4.78, 5) is 30.1. The van der Waals surface area contributed by atoms with Crippen molar-refractivity contribution in [2.45, 2.75) is 52.2 Å². The highest BCUT2D eigenvalue weighted by atomic mass is 16.2. The first-order valence-electron chi connectivity index (χ1n) is 12.9. The fourth-order valence-corrected chi connectivity index (χ4v) is 5.26. The lowest BCUT2D eigenvalue weighted by molar-refractivity contribution is 0.0783. The average molecular weight is 486 g/mol. The highest BCUT2D eigenvalue weighted by Crippen LogP contribution is 2.25. The monoisotopic (exact) mass is 485 g/mol. The summed E-state index contributed by atoms with van der Waals surface area (Å²) < 4.78 is 1.89. The third-order valence-corrected chi connectivity index (χ3v) is 7.46. The molecule has 36 heavy (non-hydrogen) atoms. The van der Waals surface area contributed by atoms with Crippen LogP contribution in [0.5, 0.6) is 0 Å². The van der Waals surface area contributed by atoms with Crippen LogP contribution in [0.3, 0.4) is 0 Å². The Morgan fingerprint density at radius 2 is 1.69 bits per heavy atom. The number of nitrogens with one attached hydrogen (secondary N) is 1. The van der Waals surface area contributed by atoms with E-state index in [1.54, 1.807) is 0 Å². The van der Waals surface area contributed by atoms with Gasteiger partial charge < -0.3 is 10.2 Å². The molecule has 0 bridgehead atoms. The van der Waals surface area contributed by atoms with Crippen LogP contribution in [0.1, 0.15) is 74.6 Å². The van der Waals surface area contributed by atoms with Crippen molar-refractivity contribution in [3.8, 4) is 0 Å². The van der Waals surface area contributed by atoms with Crippen molar-refractivity contribution >= 4 is 11.8 Å². The zero-order chi connectivity index (χ0) is 25.2. The minimum atomic E-state index is -0.0716. The first kappa shape index (κ1) is 24.3. The van der Waals surface area contributed by atoms with E-state index in [0.29, 0.717) is 17.8 Å². The van der Waals surface area contributed by atoms with Crippen molar-refractivity contribution < 1.29 is 9.59 Å². The molecule has 0 radical (unpaired) electrons. The molecule has 0 aliphatic carbocycles. The Morgan fingerprint density at radius 1 is 1.00 bits per heavy atom. The van der Waals surface area contributed by atoms with Crippen molar-refractivity contribution in [3.05, 3.63) is 87.7 Å². The van der Waals surface area contributed by atoms with Crippen molar-refractivity contribution in [1.29, 1.82) is 0 Å². The summed E-state index contributed by atoms with van der Waals surface area (Å²) in [5.41, 5.74) is 6.96. The van der Waals surface area contributed by atoms with E-state index >= 15 is 0 Å². The van der Waals surface area contributed by atoms with E-state index in [9.17, 15) is 9.59 Å².